The molecule has 0 aliphatic rings. The van der Waals surface area contributed by atoms with Crippen LogP contribution in [0.4, 0.5) is 0 Å². The van der Waals surface area contributed by atoms with Crippen LogP contribution in [0.5, 0.6) is 17.2 Å². The van der Waals surface area contributed by atoms with E-state index in [1.54, 1.807) is 0 Å². The Balaban J connectivity index is 2.15. The van der Waals surface area contributed by atoms with Gasteiger partial charge in [-0.3, -0.25) is 4.79 Å². The molecule has 112 valence electrons. The molecule has 6 heteroatoms. The first kappa shape index (κ1) is 14.3. The van der Waals surface area contributed by atoms with E-state index in [0.717, 1.165) is 4.90 Å². The van der Waals surface area contributed by atoms with Gasteiger partial charge in [-0.15, -0.1) is 0 Å². The third-order valence-corrected chi connectivity index (χ3v) is 3.98. The maximum atomic E-state index is 12.2. The van der Waals surface area contributed by atoms with Crippen LogP contribution in [-0.4, -0.2) is 17.3 Å². The van der Waals surface area contributed by atoms with Crippen molar-refractivity contribution in [1.82, 2.24) is 0 Å². The third kappa shape index (κ3) is 2.48. The Bertz CT molecular complexity index is 886. The van der Waals surface area contributed by atoms with Crippen molar-refractivity contribution in [1.29, 1.82) is 0 Å². The summed E-state index contributed by atoms with van der Waals surface area (Å²) >= 11 is 1.28. The number of benzene rings is 2. The first-order valence-corrected chi connectivity index (χ1v) is 7.21. The molecule has 0 fully saturated rings. The van der Waals surface area contributed by atoms with Crippen LogP contribution in [-0.2, 0) is 0 Å². The molecule has 0 aliphatic heterocycles. The number of fused-ring (bicyclic) bond motifs is 1. The standard InChI is InChI=1S/C16H12O5S/c1-20-16-11(18)7-12-14(15(16)19)10(17)8-13(21-12)22-9-5-3-2-4-6-9/h2-8,18-19H,1H3. The second kappa shape index (κ2) is 5.65. The molecule has 0 aliphatic carbocycles. The summed E-state index contributed by atoms with van der Waals surface area (Å²) in [6, 6.07) is 12.0. The SMILES string of the molecule is COc1c(O)cc2oc(Sc3ccccc3)cc(=O)c2c1O. The van der Waals surface area contributed by atoms with Crippen molar-refractivity contribution in [2.24, 2.45) is 0 Å². The van der Waals surface area contributed by atoms with Crippen molar-refractivity contribution in [2.45, 2.75) is 9.99 Å². The number of methoxy groups -OCH3 is 1. The summed E-state index contributed by atoms with van der Waals surface area (Å²) in [6.45, 7) is 0. The summed E-state index contributed by atoms with van der Waals surface area (Å²) < 4.78 is 10.5. The highest BCUT2D eigenvalue weighted by atomic mass is 32.2. The van der Waals surface area contributed by atoms with Crippen LogP contribution in [0.2, 0.25) is 0 Å². The average molecular weight is 316 g/mol. The zero-order valence-corrected chi connectivity index (χ0v) is 12.4. The molecular weight excluding hydrogens is 304 g/mol. The predicted octanol–water partition coefficient (Wildman–Crippen LogP) is 3.36. The Morgan fingerprint density at radius 2 is 1.86 bits per heavy atom. The molecule has 2 aromatic carbocycles. The Labute approximate surface area is 129 Å². The van der Waals surface area contributed by atoms with E-state index < -0.39 is 11.2 Å². The van der Waals surface area contributed by atoms with Gasteiger partial charge in [-0.05, 0) is 12.1 Å². The van der Waals surface area contributed by atoms with Gasteiger partial charge in [0.05, 0.1) is 7.11 Å². The first-order valence-electron chi connectivity index (χ1n) is 6.40. The first-order chi connectivity index (χ1) is 10.6. The Hall–Kier alpha value is -2.60. The van der Waals surface area contributed by atoms with E-state index in [-0.39, 0.29) is 22.5 Å². The maximum absolute atomic E-state index is 12.2. The third-order valence-electron chi connectivity index (χ3n) is 3.07. The number of aromatic hydroxyl groups is 2. The molecule has 3 rings (SSSR count). The van der Waals surface area contributed by atoms with E-state index in [1.165, 1.54) is 31.0 Å². The molecular formula is C16H12O5S. The van der Waals surface area contributed by atoms with Crippen molar-refractivity contribution in [3.8, 4) is 17.2 Å². The molecule has 0 saturated carbocycles. The molecule has 1 heterocycles. The van der Waals surface area contributed by atoms with Gasteiger partial charge in [0.25, 0.3) is 0 Å². The Morgan fingerprint density at radius 1 is 1.14 bits per heavy atom. The second-order valence-electron chi connectivity index (χ2n) is 4.50. The molecule has 1 aromatic heterocycles. The van der Waals surface area contributed by atoms with Gasteiger partial charge in [-0.25, -0.2) is 0 Å². The molecule has 2 N–H and O–H groups in total. The molecule has 0 spiro atoms. The van der Waals surface area contributed by atoms with Crippen molar-refractivity contribution < 1.29 is 19.4 Å². The minimum absolute atomic E-state index is 0.0212. The van der Waals surface area contributed by atoms with E-state index in [0.29, 0.717) is 5.09 Å². The zero-order chi connectivity index (χ0) is 15.7. The molecule has 3 aromatic rings. The lowest BCUT2D eigenvalue weighted by Gasteiger charge is -2.09. The van der Waals surface area contributed by atoms with Gasteiger partial charge in [0.15, 0.2) is 22.0 Å². The van der Waals surface area contributed by atoms with E-state index in [2.05, 4.69) is 0 Å². The monoisotopic (exact) mass is 316 g/mol. The number of phenols is 2. The average Bonchev–Trinajstić information content (AvgIpc) is 2.47. The zero-order valence-electron chi connectivity index (χ0n) is 11.6. The molecule has 0 amide bonds. The lowest BCUT2D eigenvalue weighted by molar-refractivity contribution is 0.345. The second-order valence-corrected chi connectivity index (χ2v) is 5.57. The van der Waals surface area contributed by atoms with Gasteiger partial charge in [-0.1, -0.05) is 30.0 Å². The normalized spacial score (nSPS) is 10.8. The summed E-state index contributed by atoms with van der Waals surface area (Å²) in [6.07, 6.45) is 0. The molecule has 5 nitrogen and oxygen atoms in total. The fourth-order valence-corrected chi connectivity index (χ4v) is 2.93. The topological polar surface area (TPSA) is 79.9 Å². The Kier molecular flexibility index (Phi) is 3.68. The highest BCUT2D eigenvalue weighted by Crippen LogP contribution is 2.41. The van der Waals surface area contributed by atoms with E-state index in [1.807, 2.05) is 30.3 Å². The largest absolute Gasteiger partial charge is 0.504 e. The predicted molar refractivity (Wildman–Crippen MR) is 82.9 cm³/mol. The minimum atomic E-state index is -0.428. The minimum Gasteiger partial charge on any atom is -0.504 e. The summed E-state index contributed by atoms with van der Waals surface area (Å²) in [4.78, 5) is 13.1. The van der Waals surface area contributed by atoms with Gasteiger partial charge in [0.2, 0.25) is 5.75 Å². The molecule has 0 radical (unpaired) electrons. The summed E-state index contributed by atoms with van der Waals surface area (Å²) in [7, 11) is 1.29. The molecule has 0 bridgehead atoms. The van der Waals surface area contributed by atoms with Gasteiger partial charge in [0, 0.05) is 17.0 Å². The van der Waals surface area contributed by atoms with E-state index >= 15 is 0 Å². The quantitative estimate of drug-likeness (QED) is 0.771. The van der Waals surface area contributed by atoms with Crippen molar-refractivity contribution in [3.63, 3.8) is 0 Å². The molecule has 0 unspecified atom stereocenters. The number of hydrogen-bond donors (Lipinski definition) is 2. The van der Waals surface area contributed by atoms with Crippen LogP contribution in [0.3, 0.4) is 0 Å². The van der Waals surface area contributed by atoms with Crippen molar-refractivity contribution in [3.05, 3.63) is 52.7 Å². The van der Waals surface area contributed by atoms with Crippen LogP contribution in [0.1, 0.15) is 0 Å². The van der Waals surface area contributed by atoms with Gasteiger partial charge in [0.1, 0.15) is 11.0 Å². The van der Waals surface area contributed by atoms with Gasteiger partial charge in [-0.2, -0.15) is 0 Å². The summed E-state index contributed by atoms with van der Waals surface area (Å²) in [5, 5.41) is 20.2. The highest BCUT2D eigenvalue weighted by Gasteiger charge is 2.18. The van der Waals surface area contributed by atoms with E-state index in [4.69, 9.17) is 9.15 Å². The number of rotatable bonds is 3. The lowest BCUT2D eigenvalue weighted by Crippen LogP contribution is -2.01. The maximum Gasteiger partial charge on any atom is 0.203 e. The summed E-state index contributed by atoms with van der Waals surface area (Å²) in [5.41, 5.74) is -0.308. The number of hydrogen-bond acceptors (Lipinski definition) is 6. The Morgan fingerprint density at radius 3 is 2.55 bits per heavy atom. The van der Waals surface area contributed by atoms with Crippen LogP contribution in [0, 0.1) is 0 Å². The highest BCUT2D eigenvalue weighted by molar-refractivity contribution is 7.99. The van der Waals surface area contributed by atoms with Gasteiger partial charge < -0.3 is 19.4 Å². The van der Waals surface area contributed by atoms with Crippen LogP contribution in [0.15, 0.2) is 61.7 Å². The van der Waals surface area contributed by atoms with Crippen molar-refractivity contribution in [2.75, 3.05) is 7.11 Å². The fourth-order valence-electron chi connectivity index (χ4n) is 2.11. The number of ether oxygens (including phenoxy) is 1. The van der Waals surface area contributed by atoms with Crippen LogP contribution in [0.25, 0.3) is 11.0 Å². The molecule has 22 heavy (non-hydrogen) atoms. The summed E-state index contributed by atoms with van der Waals surface area (Å²) in [5.74, 6) is -0.872. The van der Waals surface area contributed by atoms with Crippen molar-refractivity contribution >= 4 is 22.7 Å². The molecule has 0 atom stereocenters. The smallest absolute Gasteiger partial charge is 0.203 e. The van der Waals surface area contributed by atoms with Gasteiger partial charge >= 0.3 is 0 Å². The molecule has 0 saturated heterocycles. The number of phenolic OH excluding ortho intramolecular Hbond substituents is 2. The fraction of sp³-hybridized carbons (Fsp3) is 0.0625. The lowest BCUT2D eigenvalue weighted by atomic mass is 10.2. The van der Waals surface area contributed by atoms with Crippen LogP contribution < -0.4 is 10.2 Å². The van der Waals surface area contributed by atoms with Crippen LogP contribution >= 0.6 is 11.8 Å². The van der Waals surface area contributed by atoms with E-state index in [9.17, 15) is 15.0 Å².